The van der Waals surface area contributed by atoms with Crippen molar-refractivity contribution in [3.63, 3.8) is 0 Å². The highest BCUT2D eigenvalue weighted by Gasteiger charge is 2.50. The number of amides is 1. The minimum absolute atomic E-state index is 0.0182. The third-order valence-corrected chi connectivity index (χ3v) is 12.2. The van der Waals surface area contributed by atoms with Crippen LogP contribution < -0.4 is 10.1 Å². The third kappa shape index (κ3) is 8.35. The van der Waals surface area contributed by atoms with E-state index in [2.05, 4.69) is 5.32 Å². The number of esters is 2. The molecule has 0 radical (unpaired) electrons. The second-order valence-corrected chi connectivity index (χ2v) is 16.4. The number of nitrogens with one attached hydrogen (secondary N) is 1. The Morgan fingerprint density at radius 2 is 1.62 bits per heavy atom. The maximum atomic E-state index is 14.8. The third-order valence-electron chi connectivity index (χ3n) is 12.2. The van der Waals surface area contributed by atoms with Gasteiger partial charge in [0.05, 0.1) is 58.9 Å². The summed E-state index contributed by atoms with van der Waals surface area (Å²) >= 11 is 0. The van der Waals surface area contributed by atoms with Crippen LogP contribution >= 0.6 is 0 Å². The summed E-state index contributed by atoms with van der Waals surface area (Å²) in [4.78, 5) is 55.1. The van der Waals surface area contributed by atoms with Gasteiger partial charge in [-0.05, 0) is 33.3 Å². The van der Waals surface area contributed by atoms with E-state index in [-0.39, 0.29) is 62.0 Å². The summed E-state index contributed by atoms with van der Waals surface area (Å²) in [6, 6.07) is 0. The standard InChI is InChI=1S/C46H60N2O13/c1-13-16-28-30(45(56)58-14-2)32-35-40(53)33-31(36(32)48(28)11)34-42(26(8)39(33)52)61-46(10,43(34)54)59-20-19-29(57-12)23(5)41(60-27(9)49)25(7)38(51)24(6)37(50)21(3)17-15-18-22(4)44(55)47-35/h15,17-21,23-25,29,37-38,41,50-53H,13-14,16H2,1-12H3,(H,47,55)/b17-15-,20-19+,22-18+. The predicted octanol–water partition coefficient (Wildman–Crippen LogP) is 6.67. The Kier molecular flexibility index (Phi) is 14.0. The fourth-order valence-corrected chi connectivity index (χ4v) is 8.70. The van der Waals surface area contributed by atoms with Crippen LogP contribution in [0.5, 0.6) is 17.2 Å². The van der Waals surface area contributed by atoms with Crippen LogP contribution in [0.15, 0.2) is 36.1 Å². The van der Waals surface area contributed by atoms with Crippen LogP contribution in [0.25, 0.3) is 21.7 Å². The van der Waals surface area contributed by atoms with Gasteiger partial charge >= 0.3 is 17.7 Å². The topological polar surface area (TPSA) is 212 Å². The van der Waals surface area contributed by atoms with E-state index >= 15 is 0 Å². The molecule has 0 spiro atoms. The van der Waals surface area contributed by atoms with Crippen molar-refractivity contribution >= 4 is 51.0 Å². The minimum Gasteiger partial charge on any atom is -0.507 e. The Morgan fingerprint density at radius 1 is 0.951 bits per heavy atom. The largest absolute Gasteiger partial charge is 0.507 e. The molecule has 61 heavy (non-hydrogen) atoms. The minimum atomic E-state index is -2.02. The molecule has 0 saturated carbocycles. The first-order valence-electron chi connectivity index (χ1n) is 20.7. The molecule has 9 unspecified atom stereocenters. The van der Waals surface area contributed by atoms with Crippen LogP contribution in [0, 0.1) is 30.6 Å². The number of aromatic nitrogens is 1. The number of phenolic OH excluding ortho intramolecular Hbond substituents is 2. The quantitative estimate of drug-likeness (QED) is 0.130. The lowest BCUT2D eigenvalue weighted by Crippen LogP contribution is -2.46. The molecule has 2 aliphatic rings. The molecule has 1 aromatic heterocycles. The molecule has 5 N–H and O–H groups in total. The number of Topliss-reactive ketones (excluding diaryl/α,β-unsaturated/α-hetero) is 1. The second-order valence-electron chi connectivity index (χ2n) is 16.4. The number of rotatable bonds is 6. The number of allylic oxidation sites excluding steroid dienone is 2. The van der Waals surface area contributed by atoms with Gasteiger partial charge in [0.25, 0.3) is 11.7 Å². The van der Waals surface area contributed by atoms with Gasteiger partial charge in [-0.3, -0.25) is 14.4 Å². The Hall–Kier alpha value is -5.38. The molecular weight excluding hydrogens is 789 g/mol. The molecule has 9 atom stereocenters. The average Bonchev–Trinajstić information content (AvgIpc) is 3.65. The number of methoxy groups -OCH3 is 1. The fourth-order valence-electron chi connectivity index (χ4n) is 8.70. The molecule has 0 saturated heterocycles. The van der Waals surface area contributed by atoms with Crippen molar-refractivity contribution in [2.24, 2.45) is 30.7 Å². The number of aliphatic hydroxyl groups is 2. The molecule has 2 aliphatic heterocycles. The summed E-state index contributed by atoms with van der Waals surface area (Å²) in [6.07, 6.45) is 4.59. The van der Waals surface area contributed by atoms with E-state index in [4.69, 9.17) is 23.7 Å². The number of benzene rings is 2. The van der Waals surface area contributed by atoms with E-state index < -0.39 is 89.0 Å². The van der Waals surface area contributed by atoms with E-state index in [0.717, 1.165) is 0 Å². The Balaban J connectivity index is 1.84. The molecule has 15 heteroatoms. The fraction of sp³-hybridized carbons (Fsp3) is 0.522. The van der Waals surface area contributed by atoms with Crippen molar-refractivity contribution in [1.82, 2.24) is 4.57 Å². The predicted molar refractivity (Wildman–Crippen MR) is 229 cm³/mol. The average molecular weight is 849 g/mol. The number of aryl methyl sites for hydroxylation is 1. The van der Waals surface area contributed by atoms with Crippen LogP contribution in [-0.4, -0.2) is 92.5 Å². The van der Waals surface area contributed by atoms with Gasteiger partial charge in [-0.25, -0.2) is 4.79 Å². The Morgan fingerprint density at radius 3 is 2.23 bits per heavy atom. The van der Waals surface area contributed by atoms with Crippen LogP contribution in [0.3, 0.4) is 0 Å². The maximum Gasteiger partial charge on any atom is 0.340 e. The van der Waals surface area contributed by atoms with Gasteiger partial charge in [0, 0.05) is 79.3 Å². The molecule has 2 aromatic carbocycles. The van der Waals surface area contributed by atoms with Crippen molar-refractivity contribution in [2.45, 2.75) is 112 Å². The number of carbonyl (C=O) groups is 4. The van der Waals surface area contributed by atoms with Crippen LogP contribution in [0.1, 0.15) is 101 Å². The number of aliphatic hydroxyl groups excluding tert-OH is 2. The molecule has 15 nitrogen and oxygen atoms in total. The number of ketones is 1. The van der Waals surface area contributed by atoms with Gasteiger partial charge in [-0.1, -0.05) is 59.3 Å². The first-order valence-corrected chi connectivity index (χ1v) is 20.7. The number of aromatic hydroxyl groups is 2. The number of fused-ring (bicyclic) bond motifs is 1. The zero-order valence-electron chi connectivity index (χ0n) is 37.0. The molecule has 5 rings (SSSR count). The molecule has 3 aromatic rings. The zero-order valence-corrected chi connectivity index (χ0v) is 37.0. The summed E-state index contributed by atoms with van der Waals surface area (Å²) in [5.74, 6) is -8.22. The molecule has 3 heterocycles. The van der Waals surface area contributed by atoms with Gasteiger partial charge in [0.2, 0.25) is 0 Å². The Bertz CT molecular complexity index is 2320. The van der Waals surface area contributed by atoms with Crippen LogP contribution in [0.4, 0.5) is 5.69 Å². The van der Waals surface area contributed by atoms with E-state index in [9.17, 15) is 39.6 Å². The highest BCUT2D eigenvalue weighted by Crippen LogP contribution is 2.55. The van der Waals surface area contributed by atoms with Gasteiger partial charge in [0.15, 0.2) is 5.75 Å². The first-order chi connectivity index (χ1) is 28.7. The number of carbonyl (C=O) groups excluding carboxylic acids is 4. The number of hydrogen-bond donors (Lipinski definition) is 5. The lowest BCUT2D eigenvalue weighted by molar-refractivity contribution is -0.160. The lowest BCUT2D eigenvalue weighted by Gasteiger charge is -2.38. The van der Waals surface area contributed by atoms with Gasteiger partial charge in [-0.2, -0.15) is 0 Å². The number of ether oxygens (including phenoxy) is 5. The summed E-state index contributed by atoms with van der Waals surface area (Å²) in [7, 11) is 3.14. The van der Waals surface area contributed by atoms with Crippen LogP contribution in [-0.2, 0) is 42.0 Å². The van der Waals surface area contributed by atoms with E-state index in [0.29, 0.717) is 18.5 Å². The highest BCUT2D eigenvalue weighted by atomic mass is 16.7. The highest BCUT2D eigenvalue weighted by molar-refractivity contribution is 6.31. The van der Waals surface area contributed by atoms with Gasteiger partial charge in [0.1, 0.15) is 17.6 Å². The van der Waals surface area contributed by atoms with Crippen molar-refractivity contribution < 1.29 is 63.3 Å². The summed E-state index contributed by atoms with van der Waals surface area (Å²) in [6.45, 7) is 16.3. The smallest absolute Gasteiger partial charge is 0.340 e. The van der Waals surface area contributed by atoms with Crippen molar-refractivity contribution in [3.05, 3.63) is 58.5 Å². The molecule has 1 amide bonds. The molecule has 332 valence electrons. The number of phenols is 2. The first kappa shape index (κ1) is 46.7. The van der Waals surface area contributed by atoms with Crippen molar-refractivity contribution in [1.29, 1.82) is 0 Å². The van der Waals surface area contributed by atoms with Crippen molar-refractivity contribution in [2.75, 3.05) is 19.0 Å². The number of hydrogen-bond acceptors (Lipinski definition) is 13. The SMILES string of the molecule is CCCc1c(C(=O)OCC)c2c3c(O)c4c(O)c(C)c5c(c4c2n1C)C(=O)C(C)(O/C=C/C(OC)C(C)C(OC(C)=O)C(C)C(O)C(C)C(O)C(C)/C=C\C=C(/C)C(=O)N3)O5. The summed E-state index contributed by atoms with van der Waals surface area (Å²) < 4.78 is 31.2. The molecule has 4 bridgehead atoms. The normalized spacial score (nSPS) is 29.4. The van der Waals surface area contributed by atoms with Crippen LogP contribution in [0.2, 0.25) is 0 Å². The summed E-state index contributed by atoms with van der Waals surface area (Å²) in [5, 5.41) is 49.8. The molecular formula is C46H60N2O13. The zero-order chi connectivity index (χ0) is 45.4. The molecule has 0 fully saturated rings. The van der Waals surface area contributed by atoms with Gasteiger partial charge < -0.3 is 54.0 Å². The number of anilines is 1. The monoisotopic (exact) mass is 848 g/mol. The van der Waals surface area contributed by atoms with Gasteiger partial charge in [-0.15, -0.1) is 0 Å². The van der Waals surface area contributed by atoms with Crippen molar-refractivity contribution in [3.8, 4) is 17.2 Å². The lowest BCUT2D eigenvalue weighted by atomic mass is 9.78. The second kappa shape index (κ2) is 18.3. The van der Waals surface area contributed by atoms with E-state index in [1.54, 1.807) is 58.4 Å². The van der Waals surface area contributed by atoms with E-state index in [1.165, 1.54) is 53.2 Å². The summed E-state index contributed by atoms with van der Waals surface area (Å²) in [5.41, 5.74) is 0.870. The van der Waals surface area contributed by atoms with E-state index in [1.807, 2.05) is 6.92 Å². The molecule has 0 aliphatic carbocycles. The maximum absolute atomic E-state index is 14.8. The number of nitrogens with zero attached hydrogens (tertiary/aromatic N) is 1. The Labute approximate surface area is 355 Å².